The zero-order valence-electron chi connectivity index (χ0n) is 17.4. The molecule has 1 amide bonds. The normalized spacial score (nSPS) is 13.1. The van der Waals surface area contributed by atoms with Crippen molar-refractivity contribution in [1.82, 2.24) is 14.5 Å². The number of imidazole rings is 1. The van der Waals surface area contributed by atoms with Crippen LogP contribution in [0.4, 0.5) is 0 Å². The van der Waals surface area contributed by atoms with E-state index in [9.17, 15) is 4.79 Å². The van der Waals surface area contributed by atoms with Crippen molar-refractivity contribution in [3.05, 3.63) is 65.5 Å². The number of aryl methyl sites for hydroxylation is 1. The highest BCUT2D eigenvalue weighted by molar-refractivity contribution is 7.99. The van der Waals surface area contributed by atoms with Crippen LogP contribution in [0.1, 0.15) is 16.7 Å². The number of nitrogens with zero attached hydrogens (tertiary/aromatic N) is 3. The third-order valence-corrected chi connectivity index (χ3v) is 6.33. The molecule has 7 heteroatoms. The SMILES string of the molecule is COc1cc2c(cc1OC)CN(C(=O)CSc1nccn1-c1ccccc1C)CC2. The Morgan fingerprint density at radius 1 is 1.13 bits per heavy atom. The van der Waals surface area contributed by atoms with Crippen LogP contribution >= 0.6 is 11.8 Å². The molecule has 0 fully saturated rings. The number of benzene rings is 2. The number of para-hydroxylation sites is 1. The minimum Gasteiger partial charge on any atom is -0.493 e. The van der Waals surface area contributed by atoms with Crippen molar-refractivity contribution in [1.29, 1.82) is 0 Å². The number of carbonyl (C=O) groups is 1. The second-order valence-corrected chi connectivity index (χ2v) is 8.14. The fourth-order valence-electron chi connectivity index (χ4n) is 3.73. The Bertz CT molecular complexity index is 1060. The van der Waals surface area contributed by atoms with Gasteiger partial charge in [0.25, 0.3) is 0 Å². The summed E-state index contributed by atoms with van der Waals surface area (Å²) in [6, 6.07) is 12.2. The number of fused-ring (bicyclic) bond motifs is 1. The maximum atomic E-state index is 12.9. The molecule has 0 radical (unpaired) electrons. The lowest BCUT2D eigenvalue weighted by Crippen LogP contribution is -2.37. The molecule has 0 unspecified atom stereocenters. The highest BCUT2D eigenvalue weighted by Crippen LogP contribution is 2.33. The molecule has 0 saturated carbocycles. The van der Waals surface area contributed by atoms with Crippen molar-refractivity contribution in [2.45, 2.75) is 25.0 Å². The molecule has 0 aliphatic carbocycles. The molecular formula is C23H25N3O3S. The number of hydrogen-bond acceptors (Lipinski definition) is 5. The van der Waals surface area contributed by atoms with Gasteiger partial charge in [-0.25, -0.2) is 4.98 Å². The van der Waals surface area contributed by atoms with E-state index in [1.807, 2.05) is 39.9 Å². The second-order valence-electron chi connectivity index (χ2n) is 7.20. The summed E-state index contributed by atoms with van der Waals surface area (Å²) >= 11 is 1.47. The molecule has 4 rings (SSSR count). The quantitative estimate of drug-likeness (QED) is 0.563. The van der Waals surface area contributed by atoms with Crippen LogP contribution in [0.5, 0.6) is 11.5 Å². The van der Waals surface area contributed by atoms with Crippen molar-refractivity contribution in [2.75, 3.05) is 26.5 Å². The Balaban J connectivity index is 1.44. The molecule has 0 atom stereocenters. The molecule has 2 aromatic carbocycles. The first-order valence-electron chi connectivity index (χ1n) is 9.84. The van der Waals surface area contributed by atoms with Gasteiger partial charge in [-0.1, -0.05) is 30.0 Å². The van der Waals surface area contributed by atoms with Gasteiger partial charge in [-0.15, -0.1) is 0 Å². The molecule has 1 aromatic heterocycles. The van der Waals surface area contributed by atoms with Crippen molar-refractivity contribution in [3.8, 4) is 17.2 Å². The molecule has 1 aliphatic heterocycles. The smallest absolute Gasteiger partial charge is 0.233 e. The number of hydrogen-bond donors (Lipinski definition) is 0. The predicted molar refractivity (Wildman–Crippen MR) is 118 cm³/mol. The summed E-state index contributed by atoms with van der Waals surface area (Å²) < 4.78 is 12.8. The van der Waals surface area contributed by atoms with Crippen LogP contribution in [0.3, 0.4) is 0 Å². The predicted octanol–water partition coefficient (Wildman–Crippen LogP) is 3.87. The number of aromatic nitrogens is 2. The lowest BCUT2D eigenvalue weighted by molar-refractivity contribution is -0.129. The molecular weight excluding hydrogens is 398 g/mol. The average molecular weight is 424 g/mol. The van der Waals surface area contributed by atoms with Crippen molar-refractivity contribution in [3.63, 3.8) is 0 Å². The monoisotopic (exact) mass is 423 g/mol. The van der Waals surface area contributed by atoms with Gasteiger partial charge in [0.05, 0.1) is 25.7 Å². The van der Waals surface area contributed by atoms with Crippen LogP contribution in [-0.2, 0) is 17.8 Å². The minimum atomic E-state index is 0.111. The van der Waals surface area contributed by atoms with Crippen LogP contribution in [0, 0.1) is 6.92 Å². The highest BCUT2D eigenvalue weighted by Gasteiger charge is 2.23. The highest BCUT2D eigenvalue weighted by atomic mass is 32.2. The van der Waals surface area contributed by atoms with Crippen molar-refractivity contribution < 1.29 is 14.3 Å². The molecule has 0 spiro atoms. The van der Waals surface area contributed by atoms with Gasteiger partial charge in [-0.2, -0.15) is 0 Å². The number of ether oxygens (including phenoxy) is 2. The van der Waals surface area contributed by atoms with E-state index in [2.05, 4.69) is 24.0 Å². The fourth-order valence-corrected chi connectivity index (χ4v) is 4.60. The Kier molecular flexibility index (Phi) is 5.99. The van der Waals surface area contributed by atoms with Gasteiger partial charge in [0, 0.05) is 25.5 Å². The van der Waals surface area contributed by atoms with E-state index in [0.717, 1.165) is 28.6 Å². The van der Waals surface area contributed by atoms with E-state index in [0.29, 0.717) is 24.6 Å². The fraction of sp³-hybridized carbons (Fsp3) is 0.304. The van der Waals surface area contributed by atoms with E-state index in [1.54, 1.807) is 20.4 Å². The molecule has 0 N–H and O–H groups in total. The number of rotatable bonds is 6. The van der Waals surface area contributed by atoms with Gasteiger partial charge in [-0.05, 0) is 48.2 Å². The van der Waals surface area contributed by atoms with Crippen molar-refractivity contribution >= 4 is 17.7 Å². The van der Waals surface area contributed by atoms with Crippen LogP contribution in [0.2, 0.25) is 0 Å². The third kappa shape index (κ3) is 4.03. The Morgan fingerprint density at radius 3 is 2.60 bits per heavy atom. The summed E-state index contributed by atoms with van der Waals surface area (Å²) in [6.07, 6.45) is 4.52. The molecule has 30 heavy (non-hydrogen) atoms. The summed E-state index contributed by atoms with van der Waals surface area (Å²) in [7, 11) is 3.27. The minimum absolute atomic E-state index is 0.111. The van der Waals surface area contributed by atoms with E-state index < -0.39 is 0 Å². The number of amides is 1. The molecule has 0 bridgehead atoms. The standard InChI is InChI=1S/C23H25N3O3S/c1-16-6-4-5-7-19(16)26-11-9-24-23(26)30-15-22(27)25-10-8-17-12-20(28-2)21(29-3)13-18(17)14-25/h4-7,9,11-13H,8,10,14-15H2,1-3H3. The van der Waals surface area contributed by atoms with Crippen molar-refractivity contribution in [2.24, 2.45) is 0 Å². The molecule has 3 aromatic rings. The first-order chi connectivity index (χ1) is 14.6. The van der Waals surface area contributed by atoms with Crippen LogP contribution in [0.25, 0.3) is 5.69 Å². The number of methoxy groups -OCH3 is 2. The maximum absolute atomic E-state index is 12.9. The van der Waals surface area contributed by atoms with Gasteiger partial charge in [0.1, 0.15) is 0 Å². The topological polar surface area (TPSA) is 56.6 Å². The zero-order chi connectivity index (χ0) is 21.1. The van der Waals surface area contributed by atoms with Gasteiger partial charge in [0.2, 0.25) is 5.91 Å². The Morgan fingerprint density at radius 2 is 1.87 bits per heavy atom. The van der Waals surface area contributed by atoms with E-state index >= 15 is 0 Å². The Labute approximate surface area is 180 Å². The molecule has 2 heterocycles. The van der Waals surface area contributed by atoms with Gasteiger partial charge >= 0.3 is 0 Å². The van der Waals surface area contributed by atoms with E-state index in [4.69, 9.17) is 9.47 Å². The van der Waals surface area contributed by atoms with Gasteiger partial charge in [-0.3, -0.25) is 9.36 Å². The third-order valence-electron chi connectivity index (χ3n) is 5.38. The second kappa shape index (κ2) is 8.83. The first-order valence-corrected chi connectivity index (χ1v) is 10.8. The summed E-state index contributed by atoms with van der Waals surface area (Å²) in [5, 5.41) is 0.821. The summed E-state index contributed by atoms with van der Waals surface area (Å²) in [5.41, 5.74) is 4.57. The van der Waals surface area contributed by atoms with Gasteiger partial charge < -0.3 is 14.4 Å². The molecule has 6 nitrogen and oxygen atoms in total. The summed E-state index contributed by atoms with van der Waals surface area (Å²) in [5.74, 6) is 1.89. The molecule has 1 aliphatic rings. The van der Waals surface area contributed by atoms with Crippen LogP contribution in [-0.4, -0.2) is 46.9 Å². The number of thioether (sulfide) groups is 1. The molecule has 156 valence electrons. The first kappa shape index (κ1) is 20.3. The number of carbonyl (C=O) groups excluding carboxylic acids is 1. The zero-order valence-corrected chi connectivity index (χ0v) is 18.2. The maximum Gasteiger partial charge on any atom is 0.233 e. The van der Waals surface area contributed by atoms with Gasteiger partial charge in [0.15, 0.2) is 16.7 Å². The molecule has 0 saturated heterocycles. The van der Waals surface area contributed by atoms with Crippen LogP contribution in [0.15, 0.2) is 53.9 Å². The van der Waals surface area contributed by atoms with E-state index in [-0.39, 0.29) is 5.91 Å². The Hall–Kier alpha value is -2.93. The van der Waals surface area contributed by atoms with Crippen LogP contribution < -0.4 is 9.47 Å². The summed E-state index contributed by atoms with van der Waals surface area (Å²) in [6.45, 7) is 3.36. The summed E-state index contributed by atoms with van der Waals surface area (Å²) in [4.78, 5) is 19.3. The lowest BCUT2D eigenvalue weighted by Gasteiger charge is -2.29. The largest absolute Gasteiger partial charge is 0.493 e. The average Bonchev–Trinajstić information content (AvgIpc) is 3.24. The lowest BCUT2D eigenvalue weighted by atomic mass is 9.99. The van der Waals surface area contributed by atoms with E-state index in [1.165, 1.54) is 22.9 Å².